The van der Waals surface area contributed by atoms with E-state index in [9.17, 15) is 9.59 Å². The average Bonchev–Trinajstić information content (AvgIpc) is 2.20. The average molecular weight is 196 g/mol. The molecule has 1 N–H and O–H groups in total. The van der Waals surface area contributed by atoms with Crippen LogP contribution < -0.4 is 16.6 Å². The molecule has 0 aliphatic heterocycles. The summed E-state index contributed by atoms with van der Waals surface area (Å²) in [6.07, 6.45) is 0. The monoisotopic (exact) mass is 196 g/mol. The zero-order chi connectivity index (χ0) is 10.9. The zero-order valence-electron chi connectivity index (χ0n) is 8.37. The Hall–Kier alpha value is -1.85. The van der Waals surface area contributed by atoms with Gasteiger partial charge in [-0.1, -0.05) is 0 Å². The van der Waals surface area contributed by atoms with E-state index < -0.39 is 11.2 Å². The molecule has 0 unspecified atom stereocenters. The molecule has 6 heteroatoms. The van der Waals surface area contributed by atoms with E-state index in [1.165, 1.54) is 18.7 Å². The summed E-state index contributed by atoms with van der Waals surface area (Å²) in [5.74, 6) is 0.251. The van der Waals surface area contributed by atoms with Crippen LogP contribution >= 0.6 is 0 Å². The van der Waals surface area contributed by atoms with E-state index in [4.69, 9.17) is 0 Å². The van der Waals surface area contributed by atoms with Gasteiger partial charge in [-0.05, 0) is 6.72 Å². The van der Waals surface area contributed by atoms with E-state index in [1.54, 1.807) is 7.05 Å². The molecular formula is C8H12N4O2. The normalized spacial score (nSPS) is 9.93. The Morgan fingerprint density at radius 2 is 1.86 bits per heavy atom. The molecule has 0 atom stereocenters. The summed E-state index contributed by atoms with van der Waals surface area (Å²) >= 11 is 0. The first-order valence-electron chi connectivity index (χ1n) is 3.99. The Bertz CT molecular complexity index is 483. The van der Waals surface area contributed by atoms with E-state index in [0.717, 1.165) is 4.57 Å². The molecule has 0 fully saturated rings. The smallest absolute Gasteiger partial charge is 0.332 e. The van der Waals surface area contributed by atoms with Gasteiger partial charge in [0.25, 0.3) is 5.56 Å². The second kappa shape index (κ2) is 3.49. The fourth-order valence-corrected chi connectivity index (χ4v) is 1.24. The van der Waals surface area contributed by atoms with Crippen molar-refractivity contribution >= 4 is 18.2 Å². The molecule has 0 saturated heterocycles. The number of nitrogens with zero attached hydrogens (tertiary/aromatic N) is 3. The van der Waals surface area contributed by atoms with E-state index >= 15 is 0 Å². The van der Waals surface area contributed by atoms with Crippen LogP contribution in [-0.2, 0) is 14.1 Å². The third-order valence-electron chi connectivity index (χ3n) is 2.03. The lowest BCUT2D eigenvalue weighted by Gasteiger charge is -2.10. The molecular weight excluding hydrogens is 184 g/mol. The predicted octanol–water partition coefficient (Wildman–Crippen LogP) is -0.542. The van der Waals surface area contributed by atoms with Gasteiger partial charge in [-0.3, -0.25) is 13.9 Å². The number of hydrogen-bond donors (Lipinski definition) is 1. The van der Waals surface area contributed by atoms with Crippen molar-refractivity contribution in [1.82, 2.24) is 9.13 Å². The number of anilines is 1. The SMILES string of the molecule is C=Nc1c(NC)c(=O)n(C)c(=O)n1C. The lowest BCUT2D eigenvalue weighted by molar-refractivity contribution is 0.692. The maximum Gasteiger partial charge on any atom is 0.332 e. The summed E-state index contributed by atoms with van der Waals surface area (Å²) in [5.41, 5.74) is -0.556. The van der Waals surface area contributed by atoms with Crippen LogP contribution in [0, 0.1) is 0 Å². The maximum atomic E-state index is 11.6. The summed E-state index contributed by atoms with van der Waals surface area (Å²) in [7, 11) is 4.54. The van der Waals surface area contributed by atoms with Crippen molar-refractivity contribution in [3.63, 3.8) is 0 Å². The van der Waals surface area contributed by atoms with Crippen molar-refractivity contribution in [3.8, 4) is 0 Å². The number of aliphatic imine (C=N–C) groups is 1. The van der Waals surface area contributed by atoms with Crippen molar-refractivity contribution in [2.75, 3.05) is 12.4 Å². The van der Waals surface area contributed by atoms with Gasteiger partial charge >= 0.3 is 5.69 Å². The van der Waals surface area contributed by atoms with Crippen molar-refractivity contribution < 1.29 is 0 Å². The summed E-state index contributed by atoms with van der Waals surface area (Å²) in [4.78, 5) is 26.6. The van der Waals surface area contributed by atoms with Crippen LogP contribution in [0.4, 0.5) is 11.5 Å². The molecule has 14 heavy (non-hydrogen) atoms. The van der Waals surface area contributed by atoms with Crippen molar-refractivity contribution in [3.05, 3.63) is 20.8 Å². The maximum absolute atomic E-state index is 11.6. The molecule has 76 valence electrons. The van der Waals surface area contributed by atoms with Gasteiger partial charge in [-0.25, -0.2) is 9.79 Å². The van der Waals surface area contributed by atoms with Gasteiger partial charge in [0, 0.05) is 21.1 Å². The second-order valence-electron chi connectivity index (χ2n) is 2.81. The Morgan fingerprint density at radius 3 is 2.29 bits per heavy atom. The first-order chi connectivity index (χ1) is 6.54. The fourth-order valence-electron chi connectivity index (χ4n) is 1.24. The Balaban J connectivity index is 3.84. The van der Waals surface area contributed by atoms with Gasteiger partial charge in [-0.2, -0.15) is 0 Å². The van der Waals surface area contributed by atoms with E-state index in [-0.39, 0.29) is 11.5 Å². The standard InChI is InChI=1S/C8H12N4O2/c1-9-5-6(10-2)11(3)8(14)12(4)7(5)13/h9H,2H2,1,3-4H3. The molecule has 1 aromatic rings. The molecule has 6 nitrogen and oxygen atoms in total. The Labute approximate surface area is 80.5 Å². The van der Waals surface area contributed by atoms with Gasteiger partial charge < -0.3 is 5.32 Å². The van der Waals surface area contributed by atoms with Crippen molar-refractivity contribution in [1.29, 1.82) is 0 Å². The molecule has 1 heterocycles. The van der Waals surface area contributed by atoms with Gasteiger partial charge in [0.2, 0.25) is 0 Å². The minimum Gasteiger partial charge on any atom is -0.381 e. The van der Waals surface area contributed by atoms with Gasteiger partial charge in [0.05, 0.1) is 0 Å². The van der Waals surface area contributed by atoms with Crippen LogP contribution in [0.25, 0.3) is 0 Å². The highest BCUT2D eigenvalue weighted by Gasteiger charge is 2.12. The van der Waals surface area contributed by atoms with Gasteiger partial charge in [0.1, 0.15) is 5.69 Å². The van der Waals surface area contributed by atoms with Crippen LogP contribution in [0.5, 0.6) is 0 Å². The van der Waals surface area contributed by atoms with Crippen LogP contribution in [-0.4, -0.2) is 22.9 Å². The van der Waals surface area contributed by atoms with E-state index in [1.807, 2.05) is 0 Å². The number of nitrogens with one attached hydrogen (secondary N) is 1. The first kappa shape index (κ1) is 10.2. The quantitative estimate of drug-likeness (QED) is 0.646. The largest absolute Gasteiger partial charge is 0.381 e. The topological polar surface area (TPSA) is 68.4 Å². The predicted molar refractivity (Wildman–Crippen MR) is 55.7 cm³/mol. The van der Waals surface area contributed by atoms with Gasteiger partial charge in [-0.15, -0.1) is 0 Å². The molecule has 0 saturated carbocycles. The summed E-state index contributed by atoms with van der Waals surface area (Å²) < 4.78 is 2.28. The highest BCUT2D eigenvalue weighted by Crippen LogP contribution is 2.15. The number of aromatic nitrogens is 2. The van der Waals surface area contributed by atoms with Gasteiger partial charge in [0.15, 0.2) is 5.82 Å². The van der Waals surface area contributed by atoms with E-state index in [2.05, 4.69) is 17.0 Å². The molecule has 0 radical (unpaired) electrons. The molecule has 1 rings (SSSR count). The summed E-state index contributed by atoms with van der Waals surface area (Å²) in [6.45, 7) is 3.31. The van der Waals surface area contributed by atoms with Crippen LogP contribution in [0.15, 0.2) is 14.6 Å². The van der Waals surface area contributed by atoms with Crippen LogP contribution in [0.2, 0.25) is 0 Å². The summed E-state index contributed by atoms with van der Waals surface area (Å²) in [6, 6.07) is 0. The van der Waals surface area contributed by atoms with Crippen LogP contribution in [0.3, 0.4) is 0 Å². The van der Waals surface area contributed by atoms with E-state index in [0.29, 0.717) is 0 Å². The Kier molecular flexibility index (Phi) is 2.55. The molecule has 0 spiro atoms. The third kappa shape index (κ3) is 1.24. The molecule has 1 aromatic heterocycles. The van der Waals surface area contributed by atoms with Crippen molar-refractivity contribution in [2.24, 2.45) is 19.1 Å². The highest BCUT2D eigenvalue weighted by atomic mass is 16.2. The number of hydrogen-bond acceptors (Lipinski definition) is 4. The lowest BCUT2D eigenvalue weighted by atomic mass is 10.4. The molecule has 0 bridgehead atoms. The van der Waals surface area contributed by atoms with Crippen molar-refractivity contribution in [2.45, 2.75) is 0 Å². The lowest BCUT2D eigenvalue weighted by Crippen LogP contribution is -2.37. The summed E-state index contributed by atoms with van der Waals surface area (Å²) in [5, 5.41) is 2.70. The molecule has 0 aliphatic carbocycles. The second-order valence-corrected chi connectivity index (χ2v) is 2.81. The fraction of sp³-hybridized carbons (Fsp3) is 0.375. The minimum atomic E-state index is -0.420. The molecule has 0 aliphatic rings. The third-order valence-corrected chi connectivity index (χ3v) is 2.03. The minimum absolute atomic E-state index is 0.251. The molecule has 0 amide bonds. The van der Waals surface area contributed by atoms with Crippen LogP contribution in [0.1, 0.15) is 0 Å². The number of rotatable bonds is 2. The molecule has 0 aromatic carbocycles. The Morgan fingerprint density at radius 1 is 1.29 bits per heavy atom. The first-order valence-corrected chi connectivity index (χ1v) is 3.99. The highest BCUT2D eigenvalue weighted by molar-refractivity contribution is 5.62. The zero-order valence-corrected chi connectivity index (χ0v) is 8.37.